The first kappa shape index (κ1) is 25.0. The molecule has 16 heavy (non-hydrogen) atoms. The monoisotopic (exact) mass is 296 g/mol. The molecule has 0 saturated carbocycles. The van der Waals surface area contributed by atoms with Crippen molar-refractivity contribution < 1.29 is 19.4 Å². The molecule has 0 atom stereocenters. The minimum absolute atomic E-state index is 0.167. The number of Topliss-reactive ketones (excluding diaryl/α,β-unsaturated/α-hetero) is 1. The zero-order chi connectivity index (χ0) is 14.1. The van der Waals surface area contributed by atoms with Crippen LogP contribution in [0, 0.1) is 0 Å². The zero-order valence-corrected chi connectivity index (χ0v) is 12.4. The fourth-order valence-electron chi connectivity index (χ4n) is 0.203. The number of aliphatic hydroxyl groups is 1. The molecule has 0 aliphatic heterocycles. The molecule has 0 aliphatic carbocycles. The van der Waals surface area contributed by atoms with Crippen molar-refractivity contribution in [2.45, 2.75) is 32.0 Å². The van der Waals surface area contributed by atoms with Crippen molar-refractivity contribution in [2.24, 2.45) is 0 Å². The van der Waals surface area contributed by atoms with Crippen LogP contribution in [0.5, 0.6) is 0 Å². The van der Waals surface area contributed by atoms with E-state index in [4.69, 9.17) is 39.9 Å². The van der Waals surface area contributed by atoms with Crippen LogP contribution in [0.2, 0.25) is 0 Å². The maximum absolute atomic E-state index is 9.82. The van der Waals surface area contributed by atoms with Gasteiger partial charge >= 0.3 is 5.97 Å². The van der Waals surface area contributed by atoms with Crippen molar-refractivity contribution in [1.29, 1.82) is 0 Å². The first-order chi connectivity index (χ1) is 7.23. The largest absolute Gasteiger partial charge is 0.466 e. The fourth-order valence-corrected chi connectivity index (χ4v) is 0.203. The van der Waals surface area contributed by atoms with Gasteiger partial charge in [0.15, 0.2) is 4.30 Å². The molecule has 0 aromatic rings. The average Bonchev–Trinajstić information content (AvgIpc) is 2.05. The molecule has 0 saturated heterocycles. The van der Waals surface area contributed by atoms with Gasteiger partial charge < -0.3 is 14.6 Å². The molecule has 0 bridgehead atoms. The van der Waals surface area contributed by atoms with Crippen LogP contribution < -0.4 is 0 Å². The summed E-state index contributed by atoms with van der Waals surface area (Å²) in [4.78, 5) is 19.3. The number of carbonyl (C=O) groups excluding carboxylic acids is 2. The third-order valence-corrected chi connectivity index (χ3v) is 0.348. The highest BCUT2D eigenvalue weighted by Crippen LogP contribution is 2.03. The Morgan fingerprint density at radius 3 is 1.31 bits per heavy atom. The molecule has 0 amide bonds. The lowest BCUT2D eigenvalue weighted by molar-refractivity contribution is -0.140. The number of ether oxygens (including phenoxy) is 1. The van der Waals surface area contributed by atoms with Crippen molar-refractivity contribution in [3.05, 3.63) is 0 Å². The lowest BCUT2D eigenvalue weighted by atomic mass is 10.6. The number of carbonyl (C=O) groups is 2. The zero-order valence-electron chi connectivity index (χ0n) is 10.1. The van der Waals surface area contributed by atoms with E-state index < -0.39 is 4.30 Å². The highest BCUT2D eigenvalue weighted by atomic mass is 35.6. The van der Waals surface area contributed by atoms with Crippen LogP contribution in [0.15, 0.2) is 0 Å². The van der Waals surface area contributed by atoms with E-state index >= 15 is 0 Å². The standard InChI is InChI=1S/C4H8O2.C3H6O.CHCl3.CH4O/c1-3-6-4(2)5;1-3(2)4;2-1(3)4;1-2/h3H2,1-2H3;1-2H3;1H;2H,1H3. The van der Waals surface area contributed by atoms with Gasteiger partial charge in [0.25, 0.3) is 0 Å². The van der Waals surface area contributed by atoms with Gasteiger partial charge in [-0.3, -0.25) is 4.79 Å². The number of halogens is 3. The molecule has 0 unspecified atom stereocenters. The summed E-state index contributed by atoms with van der Waals surface area (Å²) < 4.78 is 3.65. The molecule has 0 heterocycles. The van der Waals surface area contributed by atoms with Crippen LogP contribution in [0.25, 0.3) is 0 Å². The Hall–Kier alpha value is -0.0300. The maximum Gasteiger partial charge on any atom is 0.302 e. The van der Waals surface area contributed by atoms with Crippen molar-refractivity contribution in [3.63, 3.8) is 0 Å². The van der Waals surface area contributed by atoms with Crippen LogP contribution in [0.1, 0.15) is 27.7 Å². The van der Waals surface area contributed by atoms with Gasteiger partial charge in [0.05, 0.1) is 6.61 Å². The molecule has 0 rings (SSSR count). The molecular formula is C9H19Cl3O4. The Morgan fingerprint density at radius 1 is 1.12 bits per heavy atom. The predicted octanol–water partition coefficient (Wildman–Crippen LogP) is 2.76. The van der Waals surface area contributed by atoms with Gasteiger partial charge in [-0.25, -0.2) is 0 Å². The van der Waals surface area contributed by atoms with Crippen molar-refractivity contribution in [1.82, 2.24) is 0 Å². The predicted molar refractivity (Wildman–Crippen MR) is 68.2 cm³/mol. The molecule has 0 radical (unpaired) electrons. The molecule has 0 aliphatic rings. The second-order valence-corrected chi connectivity index (χ2v) is 4.06. The molecule has 0 aromatic carbocycles. The summed E-state index contributed by atoms with van der Waals surface area (Å²) in [6, 6.07) is 0. The van der Waals surface area contributed by atoms with Crippen LogP contribution in [-0.2, 0) is 14.3 Å². The number of hydrogen-bond acceptors (Lipinski definition) is 4. The Labute approximate surface area is 112 Å². The highest BCUT2D eigenvalue weighted by Gasteiger charge is 1.81. The Morgan fingerprint density at radius 2 is 1.31 bits per heavy atom. The SMILES string of the molecule is CC(C)=O.CCOC(C)=O.CO.ClC(Cl)Cl. The third-order valence-electron chi connectivity index (χ3n) is 0.348. The van der Waals surface area contributed by atoms with Crippen molar-refractivity contribution in [2.75, 3.05) is 13.7 Å². The topological polar surface area (TPSA) is 63.6 Å². The van der Waals surface area contributed by atoms with Crippen LogP contribution in [-0.4, -0.2) is 34.9 Å². The Bertz CT molecular complexity index is 145. The third kappa shape index (κ3) is 266. The van der Waals surface area contributed by atoms with E-state index in [1.54, 1.807) is 6.92 Å². The fraction of sp³-hybridized carbons (Fsp3) is 0.778. The second-order valence-electron chi connectivity index (χ2n) is 2.08. The molecule has 1 N–H and O–H groups in total. The highest BCUT2D eigenvalue weighted by molar-refractivity contribution is 6.63. The summed E-state index contributed by atoms with van der Waals surface area (Å²) in [5.74, 6) is -0.0440. The van der Waals surface area contributed by atoms with E-state index in [1.165, 1.54) is 20.8 Å². The van der Waals surface area contributed by atoms with Crippen molar-refractivity contribution in [3.8, 4) is 0 Å². The van der Waals surface area contributed by atoms with Crippen LogP contribution >= 0.6 is 34.8 Å². The van der Waals surface area contributed by atoms with Gasteiger partial charge in [-0.05, 0) is 20.8 Å². The molecule has 0 spiro atoms. The van der Waals surface area contributed by atoms with Gasteiger partial charge in [0, 0.05) is 14.0 Å². The second kappa shape index (κ2) is 24.3. The molecule has 0 aromatic heterocycles. The van der Waals surface area contributed by atoms with E-state index in [9.17, 15) is 9.59 Å². The normalized spacial score (nSPS) is 7.12. The molecule has 100 valence electrons. The van der Waals surface area contributed by atoms with Crippen LogP contribution in [0.3, 0.4) is 0 Å². The molecule has 7 heteroatoms. The summed E-state index contributed by atoms with van der Waals surface area (Å²) in [6.45, 7) is 6.71. The average molecular weight is 298 g/mol. The summed E-state index contributed by atoms with van der Waals surface area (Å²) in [6.07, 6.45) is 0. The number of ketones is 1. The Balaban J connectivity index is -0.0000000643. The van der Waals surface area contributed by atoms with E-state index in [1.807, 2.05) is 0 Å². The van der Waals surface area contributed by atoms with Gasteiger partial charge in [-0.15, -0.1) is 0 Å². The maximum atomic E-state index is 9.82. The van der Waals surface area contributed by atoms with E-state index in [-0.39, 0.29) is 11.8 Å². The van der Waals surface area contributed by atoms with Gasteiger partial charge in [-0.1, -0.05) is 34.8 Å². The summed E-state index contributed by atoms with van der Waals surface area (Å²) in [5, 5.41) is 7.00. The lowest BCUT2D eigenvalue weighted by Gasteiger charge is -1.89. The number of aliphatic hydroxyl groups excluding tert-OH is 1. The number of alkyl halides is 3. The smallest absolute Gasteiger partial charge is 0.302 e. The quantitative estimate of drug-likeness (QED) is 0.597. The molecule has 0 fully saturated rings. The first-order valence-electron chi connectivity index (χ1n) is 4.21. The van der Waals surface area contributed by atoms with E-state index in [2.05, 4.69) is 4.74 Å². The molecular weight excluding hydrogens is 278 g/mol. The lowest BCUT2D eigenvalue weighted by Crippen LogP contribution is -1.95. The number of hydrogen-bond donors (Lipinski definition) is 1. The van der Waals surface area contributed by atoms with Gasteiger partial charge in [0.2, 0.25) is 0 Å². The number of rotatable bonds is 1. The molecule has 4 nitrogen and oxygen atoms in total. The van der Waals surface area contributed by atoms with E-state index in [0.29, 0.717) is 6.61 Å². The first-order valence-corrected chi connectivity index (χ1v) is 5.52. The summed E-state index contributed by atoms with van der Waals surface area (Å²) in [7, 11) is 1.00. The summed E-state index contributed by atoms with van der Waals surface area (Å²) >= 11 is 14.4. The van der Waals surface area contributed by atoms with Gasteiger partial charge in [-0.2, -0.15) is 0 Å². The van der Waals surface area contributed by atoms with E-state index in [0.717, 1.165) is 7.11 Å². The van der Waals surface area contributed by atoms with Crippen LogP contribution in [0.4, 0.5) is 0 Å². The van der Waals surface area contributed by atoms with Gasteiger partial charge in [0.1, 0.15) is 5.78 Å². The summed E-state index contributed by atoms with van der Waals surface area (Å²) in [5.41, 5.74) is 0. The number of esters is 1. The van der Waals surface area contributed by atoms with Crippen molar-refractivity contribution >= 4 is 46.6 Å². The minimum Gasteiger partial charge on any atom is -0.466 e. The minimum atomic E-state index is -0.750. The Kier molecular flexibility index (Phi) is 37.9.